The highest BCUT2D eigenvalue weighted by molar-refractivity contribution is 5.74. The summed E-state index contributed by atoms with van der Waals surface area (Å²) in [5.41, 5.74) is 1.42. The topological polar surface area (TPSA) is 58.6 Å². The third kappa shape index (κ3) is 2.35. The van der Waals surface area contributed by atoms with Crippen LogP contribution in [0.5, 0.6) is 0 Å². The summed E-state index contributed by atoms with van der Waals surface area (Å²) in [6, 6.07) is 1.91. The van der Waals surface area contributed by atoms with E-state index in [4.69, 9.17) is 0 Å². The molecular formula is C13H19N3O. The van der Waals surface area contributed by atoms with Gasteiger partial charge >= 0.3 is 0 Å². The molecule has 0 bridgehead atoms. The van der Waals surface area contributed by atoms with Crippen LogP contribution < -0.4 is 5.56 Å². The average Bonchev–Trinajstić information content (AvgIpc) is 2.28. The number of aromatic amines is 1. The second kappa shape index (κ2) is 4.65. The lowest BCUT2D eigenvalue weighted by molar-refractivity contribution is 0.658. The van der Waals surface area contributed by atoms with E-state index >= 15 is 0 Å². The first kappa shape index (κ1) is 11.8. The molecule has 0 aromatic carbocycles. The highest BCUT2D eigenvalue weighted by atomic mass is 16.1. The van der Waals surface area contributed by atoms with E-state index in [9.17, 15) is 4.79 Å². The third-order valence-corrected chi connectivity index (χ3v) is 3.00. The van der Waals surface area contributed by atoms with Crippen molar-refractivity contribution in [1.82, 2.24) is 15.0 Å². The fourth-order valence-electron chi connectivity index (χ4n) is 2.05. The van der Waals surface area contributed by atoms with Crippen molar-refractivity contribution in [3.63, 3.8) is 0 Å². The maximum Gasteiger partial charge on any atom is 0.253 e. The zero-order valence-electron chi connectivity index (χ0n) is 10.4. The molecule has 0 radical (unpaired) electrons. The monoisotopic (exact) mass is 233 g/mol. The molecule has 0 spiro atoms. The van der Waals surface area contributed by atoms with Gasteiger partial charge in [-0.3, -0.25) is 4.79 Å². The van der Waals surface area contributed by atoms with Crippen LogP contribution in [0.1, 0.15) is 45.4 Å². The van der Waals surface area contributed by atoms with E-state index in [1.165, 1.54) is 0 Å². The lowest BCUT2D eigenvalue weighted by atomic mass is 9.97. The lowest BCUT2D eigenvalue weighted by Crippen LogP contribution is -2.15. The smallest absolute Gasteiger partial charge is 0.253 e. The van der Waals surface area contributed by atoms with Crippen LogP contribution in [-0.4, -0.2) is 15.0 Å². The van der Waals surface area contributed by atoms with Crippen LogP contribution in [0.15, 0.2) is 17.1 Å². The van der Waals surface area contributed by atoms with Gasteiger partial charge in [0, 0.05) is 18.6 Å². The summed E-state index contributed by atoms with van der Waals surface area (Å²) in [6.07, 6.45) is 3.85. The minimum absolute atomic E-state index is 0. The van der Waals surface area contributed by atoms with Gasteiger partial charge in [-0.1, -0.05) is 20.3 Å². The Balaban J connectivity index is 0.00000162. The van der Waals surface area contributed by atoms with Crippen molar-refractivity contribution in [2.24, 2.45) is 0 Å². The first-order chi connectivity index (χ1) is 8.11. The predicted molar refractivity (Wildman–Crippen MR) is 70.3 cm³/mol. The van der Waals surface area contributed by atoms with E-state index in [0.717, 1.165) is 23.8 Å². The Hall–Kier alpha value is -1.71. The minimum Gasteiger partial charge on any atom is -0.306 e. The second-order valence-corrected chi connectivity index (χ2v) is 4.46. The molecule has 0 aliphatic heterocycles. The summed E-state index contributed by atoms with van der Waals surface area (Å²) in [5.74, 6) is 0.942. The van der Waals surface area contributed by atoms with Crippen molar-refractivity contribution < 1.29 is 1.43 Å². The predicted octanol–water partition coefficient (Wildman–Crippen LogP) is 2.78. The van der Waals surface area contributed by atoms with Gasteiger partial charge in [-0.2, -0.15) is 0 Å². The van der Waals surface area contributed by atoms with Gasteiger partial charge in [0.05, 0.1) is 0 Å². The quantitative estimate of drug-likeness (QED) is 0.886. The number of aryl methyl sites for hydroxylation is 1. The molecule has 4 heteroatoms. The molecule has 1 unspecified atom stereocenters. The van der Waals surface area contributed by atoms with Crippen molar-refractivity contribution in [1.29, 1.82) is 0 Å². The van der Waals surface area contributed by atoms with E-state index in [2.05, 4.69) is 28.8 Å². The Morgan fingerprint density at radius 3 is 3.00 bits per heavy atom. The molecule has 0 aliphatic carbocycles. The van der Waals surface area contributed by atoms with Gasteiger partial charge in [-0.15, -0.1) is 0 Å². The summed E-state index contributed by atoms with van der Waals surface area (Å²) >= 11 is 0. The first-order valence-corrected chi connectivity index (χ1v) is 5.98. The summed E-state index contributed by atoms with van der Waals surface area (Å²) in [7, 11) is 0. The number of fused-ring (bicyclic) bond motifs is 1. The molecular weight excluding hydrogens is 214 g/mol. The van der Waals surface area contributed by atoms with Crippen LogP contribution in [0.4, 0.5) is 0 Å². The zero-order chi connectivity index (χ0) is 12.4. The molecule has 0 amide bonds. The molecule has 0 aliphatic rings. The molecule has 2 aromatic rings. The van der Waals surface area contributed by atoms with E-state index in [-0.39, 0.29) is 12.9 Å². The molecule has 0 saturated heterocycles. The maximum absolute atomic E-state index is 11.9. The maximum atomic E-state index is 11.9. The SMILES string of the molecule is CCCC(C)c1cc2cnc(C)nc2[nH]c1=O.[HH]. The highest BCUT2D eigenvalue weighted by Crippen LogP contribution is 2.19. The van der Waals surface area contributed by atoms with Crippen molar-refractivity contribution >= 4 is 11.0 Å². The first-order valence-electron chi connectivity index (χ1n) is 5.98. The van der Waals surface area contributed by atoms with Crippen molar-refractivity contribution in [3.8, 4) is 0 Å². The van der Waals surface area contributed by atoms with Crippen LogP contribution in [-0.2, 0) is 0 Å². The van der Waals surface area contributed by atoms with Crippen LogP contribution in [0, 0.1) is 6.92 Å². The fourth-order valence-corrected chi connectivity index (χ4v) is 2.05. The van der Waals surface area contributed by atoms with Crippen LogP contribution in [0.25, 0.3) is 11.0 Å². The molecule has 2 rings (SSSR count). The number of pyridine rings is 1. The number of hydrogen-bond donors (Lipinski definition) is 1. The molecule has 0 saturated carbocycles. The minimum atomic E-state index is -0.0310. The highest BCUT2D eigenvalue weighted by Gasteiger charge is 2.10. The van der Waals surface area contributed by atoms with Gasteiger partial charge < -0.3 is 4.98 Å². The number of nitrogens with zero attached hydrogens (tertiary/aromatic N) is 2. The van der Waals surface area contributed by atoms with E-state index in [1.807, 2.05) is 13.0 Å². The third-order valence-electron chi connectivity index (χ3n) is 3.00. The summed E-state index contributed by atoms with van der Waals surface area (Å²) < 4.78 is 0. The summed E-state index contributed by atoms with van der Waals surface area (Å²) in [4.78, 5) is 23.1. The van der Waals surface area contributed by atoms with Gasteiger partial charge in [0.1, 0.15) is 11.5 Å². The Labute approximate surface area is 102 Å². The van der Waals surface area contributed by atoms with E-state index < -0.39 is 0 Å². The van der Waals surface area contributed by atoms with Crippen LogP contribution >= 0.6 is 0 Å². The van der Waals surface area contributed by atoms with Gasteiger partial charge in [0.15, 0.2) is 0 Å². The molecule has 1 N–H and O–H groups in total. The molecule has 4 nitrogen and oxygen atoms in total. The van der Waals surface area contributed by atoms with Crippen molar-refractivity contribution in [2.45, 2.75) is 39.5 Å². The van der Waals surface area contributed by atoms with Gasteiger partial charge in [0.2, 0.25) is 0 Å². The fraction of sp³-hybridized carbons (Fsp3) is 0.462. The number of aromatic nitrogens is 3. The van der Waals surface area contributed by atoms with Gasteiger partial charge in [-0.05, 0) is 25.3 Å². The Kier molecular flexibility index (Phi) is 3.22. The van der Waals surface area contributed by atoms with Crippen LogP contribution in [0.2, 0.25) is 0 Å². The molecule has 92 valence electrons. The Morgan fingerprint density at radius 2 is 2.29 bits per heavy atom. The normalized spacial score (nSPS) is 12.9. The van der Waals surface area contributed by atoms with E-state index in [1.54, 1.807) is 6.20 Å². The van der Waals surface area contributed by atoms with E-state index in [0.29, 0.717) is 11.5 Å². The summed E-state index contributed by atoms with van der Waals surface area (Å²) in [5, 5.41) is 0.896. The molecule has 0 fully saturated rings. The number of hydrogen-bond acceptors (Lipinski definition) is 3. The molecule has 17 heavy (non-hydrogen) atoms. The Morgan fingerprint density at radius 1 is 1.53 bits per heavy atom. The molecule has 2 aromatic heterocycles. The van der Waals surface area contributed by atoms with Crippen LogP contribution in [0.3, 0.4) is 0 Å². The number of H-pyrrole nitrogens is 1. The average molecular weight is 233 g/mol. The van der Waals surface area contributed by atoms with Crippen molar-refractivity contribution in [2.75, 3.05) is 0 Å². The largest absolute Gasteiger partial charge is 0.306 e. The van der Waals surface area contributed by atoms with Gasteiger partial charge in [-0.25, -0.2) is 9.97 Å². The Bertz CT molecular complexity index is 594. The molecule has 1 atom stereocenters. The zero-order valence-corrected chi connectivity index (χ0v) is 10.4. The van der Waals surface area contributed by atoms with Crippen molar-refractivity contribution in [3.05, 3.63) is 34.0 Å². The standard InChI is InChI=1S/C13H17N3O.H2/c1-4-5-8(2)11-6-10-7-14-9(3)15-12(10)16-13(11)17;/h6-8H,4-5H2,1-3H3,(H,14,15,16,17);1H. The second-order valence-electron chi connectivity index (χ2n) is 4.46. The number of nitrogens with one attached hydrogen (secondary N) is 1. The summed E-state index contributed by atoms with van der Waals surface area (Å²) in [6.45, 7) is 6.01. The molecule has 2 heterocycles. The number of rotatable bonds is 3. The van der Waals surface area contributed by atoms with Gasteiger partial charge in [0.25, 0.3) is 5.56 Å². The lowest BCUT2D eigenvalue weighted by Gasteiger charge is -2.10.